The van der Waals surface area contributed by atoms with Crippen LogP contribution in [0.15, 0.2) is 23.6 Å². The van der Waals surface area contributed by atoms with Crippen LogP contribution in [0.25, 0.3) is 0 Å². The van der Waals surface area contributed by atoms with E-state index in [0.717, 1.165) is 49.7 Å². The second-order valence-electron chi connectivity index (χ2n) is 8.43. The van der Waals surface area contributed by atoms with Gasteiger partial charge in [0.05, 0.1) is 5.69 Å². The Morgan fingerprint density at radius 1 is 1.21 bits per heavy atom. The first-order valence-electron chi connectivity index (χ1n) is 10.7. The number of carbonyl (C=O) groups is 2. The van der Waals surface area contributed by atoms with E-state index in [1.807, 2.05) is 17.5 Å². The summed E-state index contributed by atoms with van der Waals surface area (Å²) in [5.41, 5.74) is 4.39. The molecule has 0 radical (unpaired) electrons. The number of piperidine rings is 1. The summed E-state index contributed by atoms with van der Waals surface area (Å²) < 4.78 is 0. The van der Waals surface area contributed by atoms with Crippen LogP contribution in [0, 0.1) is 5.92 Å². The Hall–Kier alpha value is -2.05. The molecule has 1 aromatic carbocycles. The number of aryl methyl sites for hydroxylation is 2. The third kappa shape index (κ3) is 5.31. The van der Waals surface area contributed by atoms with Crippen LogP contribution in [0.4, 0.5) is 5.13 Å². The van der Waals surface area contributed by atoms with Crippen molar-refractivity contribution in [3.8, 4) is 0 Å². The maximum atomic E-state index is 12.5. The molecule has 1 amide bonds. The molecule has 1 unspecified atom stereocenters. The second-order valence-corrected chi connectivity index (χ2v) is 9.29. The number of carbonyl (C=O) groups excluding carboxylic acids is 2. The summed E-state index contributed by atoms with van der Waals surface area (Å²) in [6, 6.07) is 5.98. The van der Waals surface area contributed by atoms with Crippen molar-refractivity contribution in [3.05, 3.63) is 46.0 Å². The number of benzene rings is 1. The summed E-state index contributed by atoms with van der Waals surface area (Å²) in [7, 11) is 0. The minimum absolute atomic E-state index is 0.0360. The number of ketones is 1. The quantitative estimate of drug-likeness (QED) is 0.683. The predicted octanol–water partition coefficient (Wildman–Crippen LogP) is 4.47. The molecule has 2 heterocycles. The highest BCUT2D eigenvalue weighted by Gasteiger charge is 2.18. The van der Waals surface area contributed by atoms with Gasteiger partial charge in [0.25, 0.3) is 0 Å². The molecular formula is C23H29N3O2S. The zero-order valence-corrected chi connectivity index (χ0v) is 17.9. The molecule has 29 heavy (non-hydrogen) atoms. The number of amides is 1. The highest BCUT2D eigenvalue weighted by Crippen LogP contribution is 2.24. The lowest BCUT2D eigenvalue weighted by Gasteiger charge is -2.30. The average molecular weight is 412 g/mol. The number of fused-ring (bicyclic) bond motifs is 1. The summed E-state index contributed by atoms with van der Waals surface area (Å²) in [5, 5.41) is 5.50. The molecule has 1 aliphatic carbocycles. The fourth-order valence-corrected chi connectivity index (χ4v) is 5.11. The SMILES string of the molecule is CC1CCCN(Cc2csc(NC(=O)CCC(=O)c3ccc4c(c3)CCC4)n2)C1. The van der Waals surface area contributed by atoms with Gasteiger partial charge in [-0.3, -0.25) is 14.5 Å². The topological polar surface area (TPSA) is 62.3 Å². The van der Waals surface area contributed by atoms with E-state index >= 15 is 0 Å². The molecule has 1 aromatic heterocycles. The van der Waals surface area contributed by atoms with Crippen molar-refractivity contribution in [2.45, 2.75) is 58.4 Å². The van der Waals surface area contributed by atoms with E-state index in [1.165, 1.54) is 41.7 Å². The Bertz CT molecular complexity index is 892. The normalized spacial score (nSPS) is 19.1. The largest absolute Gasteiger partial charge is 0.302 e. The van der Waals surface area contributed by atoms with Gasteiger partial charge in [-0.25, -0.2) is 4.98 Å². The first-order chi connectivity index (χ1) is 14.1. The summed E-state index contributed by atoms with van der Waals surface area (Å²) in [4.78, 5) is 31.7. The lowest BCUT2D eigenvalue weighted by atomic mass is 10.0. The van der Waals surface area contributed by atoms with Crippen LogP contribution in [-0.4, -0.2) is 34.7 Å². The van der Waals surface area contributed by atoms with Crippen molar-refractivity contribution < 1.29 is 9.59 Å². The monoisotopic (exact) mass is 411 g/mol. The van der Waals surface area contributed by atoms with Gasteiger partial charge in [-0.1, -0.05) is 19.1 Å². The fraction of sp³-hybridized carbons (Fsp3) is 0.522. The molecular weight excluding hydrogens is 382 g/mol. The van der Waals surface area contributed by atoms with Gasteiger partial charge in [0.15, 0.2) is 10.9 Å². The molecule has 0 bridgehead atoms. The number of rotatable bonds is 7. The zero-order chi connectivity index (χ0) is 20.2. The maximum Gasteiger partial charge on any atom is 0.226 e. The van der Waals surface area contributed by atoms with Gasteiger partial charge in [-0.15, -0.1) is 11.3 Å². The van der Waals surface area contributed by atoms with Crippen molar-refractivity contribution in [2.24, 2.45) is 5.92 Å². The number of thiazole rings is 1. The first-order valence-corrected chi connectivity index (χ1v) is 11.6. The van der Waals surface area contributed by atoms with E-state index in [-0.39, 0.29) is 24.5 Å². The molecule has 0 spiro atoms. The Balaban J connectivity index is 1.24. The number of aromatic nitrogens is 1. The van der Waals surface area contributed by atoms with E-state index in [0.29, 0.717) is 5.13 Å². The molecule has 2 aliphatic rings. The van der Waals surface area contributed by atoms with E-state index in [9.17, 15) is 9.59 Å². The van der Waals surface area contributed by atoms with E-state index in [1.54, 1.807) is 0 Å². The van der Waals surface area contributed by atoms with Gasteiger partial charge in [-0.05, 0) is 61.8 Å². The molecule has 0 saturated carbocycles. The maximum absolute atomic E-state index is 12.5. The number of anilines is 1. The lowest BCUT2D eigenvalue weighted by Crippen LogP contribution is -2.33. The minimum atomic E-state index is -0.146. The Kier molecular flexibility index (Phi) is 6.40. The predicted molar refractivity (Wildman–Crippen MR) is 116 cm³/mol. The fourth-order valence-electron chi connectivity index (χ4n) is 4.39. The number of likely N-dealkylation sites (tertiary alicyclic amines) is 1. The molecule has 154 valence electrons. The minimum Gasteiger partial charge on any atom is -0.302 e. The molecule has 1 saturated heterocycles. The Morgan fingerprint density at radius 3 is 2.93 bits per heavy atom. The van der Waals surface area contributed by atoms with Gasteiger partial charge in [0.1, 0.15) is 0 Å². The van der Waals surface area contributed by atoms with E-state index < -0.39 is 0 Å². The Morgan fingerprint density at radius 2 is 2.07 bits per heavy atom. The molecule has 6 heteroatoms. The number of hydrogen-bond donors (Lipinski definition) is 1. The van der Waals surface area contributed by atoms with Crippen LogP contribution in [0.1, 0.15) is 66.2 Å². The molecule has 5 nitrogen and oxygen atoms in total. The molecule has 2 aromatic rings. The average Bonchev–Trinajstić information content (AvgIpc) is 3.34. The molecule has 1 aliphatic heterocycles. The van der Waals surface area contributed by atoms with Crippen LogP contribution in [0.3, 0.4) is 0 Å². The zero-order valence-electron chi connectivity index (χ0n) is 17.1. The van der Waals surface area contributed by atoms with Crippen molar-refractivity contribution in [1.82, 2.24) is 9.88 Å². The van der Waals surface area contributed by atoms with Crippen LogP contribution in [0.2, 0.25) is 0 Å². The smallest absolute Gasteiger partial charge is 0.226 e. The summed E-state index contributed by atoms with van der Waals surface area (Å²) in [5.74, 6) is 0.630. The van der Waals surface area contributed by atoms with Gasteiger partial charge in [-0.2, -0.15) is 0 Å². The second kappa shape index (κ2) is 9.18. The number of nitrogens with zero attached hydrogens (tertiary/aromatic N) is 2. The van der Waals surface area contributed by atoms with Crippen molar-refractivity contribution in [2.75, 3.05) is 18.4 Å². The van der Waals surface area contributed by atoms with Crippen molar-refractivity contribution >= 4 is 28.2 Å². The molecule has 4 rings (SSSR count). The summed E-state index contributed by atoms with van der Waals surface area (Å²) >= 11 is 1.46. The van der Waals surface area contributed by atoms with Crippen LogP contribution in [-0.2, 0) is 24.2 Å². The number of nitrogens with one attached hydrogen (secondary N) is 1. The Labute approximate surface area is 176 Å². The van der Waals surface area contributed by atoms with Crippen LogP contribution in [0.5, 0.6) is 0 Å². The summed E-state index contributed by atoms with van der Waals surface area (Å²) in [6.45, 7) is 5.37. The lowest BCUT2D eigenvalue weighted by molar-refractivity contribution is -0.116. The molecule has 1 N–H and O–H groups in total. The van der Waals surface area contributed by atoms with Crippen LogP contribution >= 0.6 is 11.3 Å². The van der Waals surface area contributed by atoms with Gasteiger partial charge >= 0.3 is 0 Å². The molecule has 1 atom stereocenters. The molecule has 1 fully saturated rings. The van der Waals surface area contributed by atoms with Crippen LogP contribution < -0.4 is 5.32 Å². The van der Waals surface area contributed by atoms with Crippen molar-refractivity contribution in [3.63, 3.8) is 0 Å². The highest BCUT2D eigenvalue weighted by atomic mass is 32.1. The van der Waals surface area contributed by atoms with Gasteiger partial charge in [0.2, 0.25) is 5.91 Å². The first kappa shape index (κ1) is 20.2. The van der Waals surface area contributed by atoms with Gasteiger partial charge in [0, 0.05) is 36.9 Å². The third-order valence-electron chi connectivity index (χ3n) is 5.92. The third-order valence-corrected chi connectivity index (χ3v) is 6.73. The van der Waals surface area contributed by atoms with E-state index in [4.69, 9.17) is 0 Å². The standard InChI is InChI=1S/C23H29N3O2S/c1-16-4-3-11-26(13-16)14-20-15-29-23(24-20)25-22(28)10-9-21(27)19-8-7-17-5-2-6-18(17)12-19/h7-8,12,15-16H,2-6,9-11,13-14H2,1H3,(H,24,25,28). The van der Waals surface area contributed by atoms with E-state index in [2.05, 4.69) is 28.2 Å². The van der Waals surface area contributed by atoms with Gasteiger partial charge < -0.3 is 5.32 Å². The number of Topliss-reactive ketones (excluding diaryl/α,β-unsaturated/α-hetero) is 1. The number of hydrogen-bond acceptors (Lipinski definition) is 5. The van der Waals surface area contributed by atoms with Crippen molar-refractivity contribution in [1.29, 1.82) is 0 Å². The summed E-state index contributed by atoms with van der Waals surface area (Å²) in [6.07, 6.45) is 6.30. The highest BCUT2D eigenvalue weighted by molar-refractivity contribution is 7.13.